The van der Waals surface area contributed by atoms with E-state index in [1.165, 1.54) is 4.31 Å². The Hall–Kier alpha value is -2.74. The molecule has 1 aliphatic heterocycles. The second kappa shape index (κ2) is 7.87. The number of nitrogens with zero attached hydrogens (tertiary/aromatic N) is 1. The van der Waals surface area contributed by atoms with Gasteiger partial charge in [-0.15, -0.1) is 0 Å². The Morgan fingerprint density at radius 2 is 2.00 bits per heavy atom. The first-order chi connectivity index (χ1) is 12.8. The molecule has 1 aliphatic rings. The molecule has 1 heterocycles. The zero-order chi connectivity index (χ0) is 19.4. The minimum Gasteiger partial charge on any atom is -0.492 e. The van der Waals surface area contributed by atoms with Gasteiger partial charge in [0.2, 0.25) is 10.0 Å². The van der Waals surface area contributed by atoms with Crippen molar-refractivity contribution in [3.05, 3.63) is 54.1 Å². The molecule has 27 heavy (non-hydrogen) atoms. The third-order valence-corrected chi connectivity index (χ3v) is 5.24. The molecule has 0 radical (unpaired) electrons. The Morgan fingerprint density at radius 1 is 1.26 bits per heavy atom. The monoisotopic (exact) mass is 390 g/mol. The van der Waals surface area contributed by atoms with Gasteiger partial charge in [0.05, 0.1) is 25.0 Å². The van der Waals surface area contributed by atoms with E-state index in [4.69, 9.17) is 9.47 Å². The number of ether oxygens (including phenoxy) is 2. The van der Waals surface area contributed by atoms with Gasteiger partial charge in [-0.05, 0) is 36.8 Å². The van der Waals surface area contributed by atoms with Gasteiger partial charge in [0.1, 0.15) is 18.1 Å². The first-order valence-electron chi connectivity index (χ1n) is 8.55. The normalized spacial score (nSPS) is 16.2. The molecule has 3 rings (SSSR count). The predicted octanol–water partition coefficient (Wildman–Crippen LogP) is 1.72. The van der Waals surface area contributed by atoms with Gasteiger partial charge in [0, 0.05) is 0 Å². The highest BCUT2D eigenvalue weighted by molar-refractivity contribution is 7.92. The maximum Gasteiger partial charge on any atom is 0.263 e. The van der Waals surface area contributed by atoms with Crippen LogP contribution in [0.15, 0.2) is 48.5 Å². The first-order valence-corrected chi connectivity index (χ1v) is 10.4. The van der Waals surface area contributed by atoms with Crippen molar-refractivity contribution in [2.45, 2.75) is 13.0 Å². The van der Waals surface area contributed by atoms with E-state index in [-0.39, 0.29) is 19.0 Å². The number of carbonyl (C=O) groups excluding carboxylic acids is 1. The number of carbonyl (C=O) groups is 1. The van der Waals surface area contributed by atoms with Crippen molar-refractivity contribution in [2.24, 2.45) is 0 Å². The Balaban J connectivity index is 1.63. The Labute approximate surface area is 158 Å². The number of nitrogens with one attached hydrogen (secondary N) is 1. The van der Waals surface area contributed by atoms with Crippen molar-refractivity contribution in [1.82, 2.24) is 5.32 Å². The highest BCUT2D eigenvalue weighted by atomic mass is 32.2. The Kier molecular flexibility index (Phi) is 5.55. The summed E-state index contributed by atoms with van der Waals surface area (Å²) in [5.74, 6) is 0.706. The van der Waals surface area contributed by atoms with E-state index in [0.29, 0.717) is 23.8 Å². The minimum absolute atomic E-state index is 0.0688. The number of benzene rings is 2. The van der Waals surface area contributed by atoms with Crippen LogP contribution in [-0.4, -0.2) is 46.4 Å². The number of hydrogen-bond donors (Lipinski definition) is 1. The van der Waals surface area contributed by atoms with E-state index in [9.17, 15) is 13.2 Å². The van der Waals surface area contributed by atoms with Crippen molar-refractivity contribution in [3.63, 3.8) is 0 Å². The largest absolute Gasteiger partial charge is 0.492 e. The maximum atomic E-state index is 12.4. The molecule has 0 unspecified atom stereocenters. The van der Waals surface area contributed by atoms with E-state index in [1.807, 2.05) is 43.3 Å². The number of rotatable bonds is 6. The summed E-state index contributed by atoms with van der Waals surface area (Å²) in [7, 11) is -3.54. The van der Waals surface area contributed by atoms with Gasteiger partial charge in [0.15, 0.2) is 6.10 Å². The fourth-order valence-corrected chi connectivity index (χ4v) is 3.69. The van der Waals surface area contributed by atoms with Crippen LogP contribution in [-0.2, 0) is 14.8 Å². The zero-order valence-corrected chi connectivity index (χ0v) is 16.0. The lowest BCUT2D eigenvalue weighted by Crippen LogP contribution is -2.51. The van der Waals surface area contributed by atoms with Crippen molar-refractivity contribution >= 4 is 21.6 Å². The van der Waals surface area contributed by atoms with E-state index < -0.39 is 16.1 Å². The summed E-state index contributed by atoms with van der Waals surface area (Å²) in [5.41, 5.74) is 1.36. The molecular weight excluding hydrogens is 368 g/mol. The van der Waals surface area contributed by atoms with E-state index in [1.54, 1.807) is 12.1 Å². The zero-order valence-electron chi connectivity index (χ0n) is 15.2. The van der Waals surface area contributed by atoms with Gasteiger partial charge in [-0.3, -0.25) is 9.10 Å². The molecule has 8 heteroatoms. The van der Waals surface area contributed by atoms with Crippen LogP contribution in [0.1, 0.15) is 5.56 Å². The molecule has 0 bridgehead atoms. The number of para-hydroxylation sites is 1. The van der Waals surface area contributed by atoms with E-state index in [0.717, 1.165) is 11.8 Å². The molecule has 144 valence electrons. The van der Waals surface area contributed by atoms with Crippen LogP contribution in [0.2, 0.25) is 0 Å². The summed E-state index contributed by atoms with van der Waals surface area (Å²) in [6.45, 7) is 2.38. The van der Waals surface area contributed by atoms with Crippen molar-refractivity contribution < 1.29 is 22.7 Å². The molecule has 1 amide bonds. The number of anilines is 1. The number of fused-ring (bicyclic) bond motifs is 1. The molecule has 1 N–H and O–H groups in total. The summed E-state index contributed by atoms with van der Waals surface area (Å²) < 4.78 is 36.8. The second-order valence-electron chi connectivity index (χ2n) is 6.32. The standard InChI is InChI=1S/C19H22N2O5S/c1-14-8-9-17-16(12-14)21(27(2,23)24)13-18(26-17)19(22)20-10-11-25-15-6-4-3-5-7-15/h3-9,12,18H,10-11,13H2,1-2H3,(H,20,22)/t18-/m1/s1. The predicted molar refractivity (Wildman–Crippen MR) is 103 cm³/mol. The summed E-state index contributed by atoms with van der Waals surface area (Å²) in [5, 5.41) is 2.73. The van der Waals surface area contributed by atoms with Gasteiger partial charge in [-0.1, -0.05) is 24.3 Å². The van der Waals surface area contributed by atoms with Crippen LogP contribution in [0.25, 0.3) is 0 Å². The van der Waals surface area contributed by atoms with Crippen LogP contribution in [0.3, 0.4) is 0 Å². The molecule has 0 spiro atoms. The van der Waals surface area contributed by atoms with Crippen LogP contribution in [0.4, 0.5) is 5.69 Å². The van der Waals surface area contributed by atoms with Crippen LogP contribution < -0.4 is 19.1 Å². The number of amides is 1. The minimum atomic E-state index is -3.54. The molecular formula is C19H22N2O5S. The second-order valence-corrected chi connectivity index (χ2v) is 8.23. The number of hydrogen-bond acceptors (Lipinski definition) is 5. The summed E-state index contributed by atoms with van der Waals surface area (Å²) in [6, 6.07) is 14.5. The van der Waals surface area contributed by atoms with Gasteiger partial charge in [-0.25, -0.2) is 8.42 Å². The highest BCUT2D eigenvalue weighted by Gasteiger charge is 2.34. The van der Waals surface area contributed by atoms with Crippen molar-refractivity contribution in [2.75, 3.05) is 30.3 Å². The number of aryl methyl sites for hydroxylation is 1. The summed E-state index contributed by atoms with van der Waals surface area (Å²) >= 11 is 0. The SMILES string of the molecule is Cc1ccc2c(c1)N(S(C)(=O)=O)C[C@H](C(=O)NCCOc1ccccc1)O2. The number of sulfonamides is 1. The van der Waals surface area contributed by atoms with E-state index in [2.05, 4.69) is 5.32 Å². The average Bonchev–Trinajstić information content (AvgIpc) is 2.64. The van der Waals surface area contributed by atoms with Crippen LogP contribution >= 0.6 is 0 Å². The Morgan fingerprint density at radius 3 is 2.70 bits per heavy atom. The molecule has 7 nitrogen and oxygen atoms in total. The highest BCUT2D eigenvalue weighted by Crippen LogP contribution is 2.35. The van der Waals surface area contributed by atoms with Crippen LogP contribution in [0, 0.1) is 6.92 Å². The van der Waals surface area contributed by atoms with Crippen molar-refractivity contribution in [1.29, 1.82) is 0 Å². The van der Waals surface area contributed by atoms with Gasteiger partial charge < -0.3 is 14.8 Å². The third kappa shape index (κ3) is 4.71. The maximum absolute atomic E-state index is 12.4. The summed E-state index contributed by atoms with van der Waals surface area (Å²) in [4.78, 5) is 12.4. The molecule has 1 atom stereocenters. The topological polar surface area (TPSA) is 84.9 Å². The average molecular weight is 390 g/mol. The summed E-state index contributed by atoms with van der Waals surface area (Å²) in [6.07, 6.45) is 0.194. The molecule has 0 aromatic heterocycles. The fourth-order valence-electron chi connectivity index (χ4n) is 2.79. The molecule has 2 aromatic rings. The lowest BCUT2D eigenvalue weighted by molar-refractivity contribution is -0.127. The molecule has 0 saturated carbocycles. The lowest BCUT2D eigenvalue weighted by Gasteiger charge is -2.34. The lowest BCUT2D eigenvalue weighted by atomic mass is 10.1. The fraction of sp³-hybridized carbons (Fsp3) is 0.316. The van der Waals surface area contributed by atoms with Gasteiger partial charge in [-0.2, -0.15) is 0 Å². The molecule has 0 fully saturated rings. The third-order valence-electron chi connectivity index (χ3n) is 4.09. The molecule has 2 aromatic carbocycles. The van der Waals surface area contributed by atoms with Gasteiger partial charge >= 0.3 is 0 Å². The van der Waals surface area contributed by atoms with E-state index >= 15 is 0 Å². The molecule has 0 saturated heterocycles. The van der Waals surface area contributed by atoms with Crippen molar-refractivity contribution in [3.8, 4) is 11.5 Å². The first kappa shape index (κ1) is 19.0. The molecule has 0 aliphatic carbocycles. The Bertz CT molecular complexity index is 915. The van der Waals surface area contributed by atoms with Crippen LogP contribution in [0.5, 0.6) is 11.5 Å². The smallest absolute Gasteiger partial charge is 0.263 e. The van der Waals surface area contributed by atoms with Gasteiger partial charge in [0.25, 0.3) is 5.91 Å². The quantitative estimate of drug-likeness (QED) is 0.759.